The topological polar surface area (TPSA) is 93.2 Å². The van der Waals surface area contributed by atoms with E-state index in [0.717, 1.165) is 16.3 Å². The summed E-state index contributed by atoms with van der Waals surface area (Å²) < 4.78 is 5.19. The Bertz CT molecular complexity index is 731. The van der Waals surface area contributed by atoms with E-state index in [2.05, 4.69) is 20.8 Å². The van der Waals surface area contributed by atoms with Gasteiger partial charge in [-0.1, -0.05) is 23.5 Å². The van der Waals surface area contributed by atoms with Gasteiger partial charge in [0.25, 0.3) is 0 Å². The summed E-state index contributed by atoms with van der Waals surface area (Å²) in [4.78, 5) is 23.2. The Kier molecular flexibility index (Phi) is 4.52. The standard InChI is InChI=1S/C15H16N4O3S/c1-22-10-4-2-3-9(7-10)8-13-18-19-15(23-13)17-14(21)11-5-6-12(20)16-11/h2-4,7,11H,5-6,8H2,1H3,(H,16,20)(H,17,19,21). The van der Waals surface area contributed by atoms with E-state index in [1.807, 2.05) is 24.3 Å². The second-order valence-corrected chi connectivity index (χ2v) is 6.24. The molecule has 1 aromatic carbocycles. The number of ether oxygens (including phenoxy) is 1. The number of nitrogens with one attached hydrogen (secondary N) is 2. The Hall–Kier alpha value is -2.48. The molecule has 23 heavy (non-hydrogen) atoms. The van der Waals surface area contributed by atoms with Crippen LogP contribution < -0.4 is 15.4 Å². The third kappa shape index (κ3) is 3.84. The van der Waals surface area contributed by atoms with Crippen molar-refractivity contribution in [3.63, 3.8) is 0 Å². The molecule has 0 spiro atoms. The smallest absolute Gasteiger partial charge is 0.248 e. The molecule has 1 atom stereocenters. The zero-order valence-electron chi connectivity index (χ0n) is 12.5. The van der Waals surface area contributed by atoms with Crippen LogP contribution in [0.5, 0.6) is 5.75 Å². The lowest BCUT2D eigenvalue weighted by atomic mass is 10.1. The summed E-state index contributed by atoms with van der Waals surface area (Å²) in [5.41, 5.74) is 1.06. The van der Waals surface area contributed by atoms with Gasteiger partial charge in [0.1, 0.15) is 16.8 Å². The van der Waals surface area contributed by atoms with Gasteiger partial charge in [-0.25, -0.2) is 0 Å². The van der Waals surface area contributed by atoms with E-state index in [0.29, 0.717) is 24.4 Å². The van der Waals surface area contributed by atoms with Crippen LogP contribution in [0.3, 0.4) is 0 Å². The minimum Gasteiger partial charge on any atom is -0.497 e. The van der Waals surface area contributed by atoms with Gasteiger partial charge in [-0.3, -0.25) is 14.9 Å². The van der Waals surface area contributed by atoms with Crippen molar-refractivity contribution in [2.75, 3.05) is 12.4 Å². The van der Waals surface area contributed by atoms with Crippen LogP contribution in [0.2, 0.25) is 0 Å². The van der Waals surface area contributed by atoms with Crippen molar-refractivity contribution in [1.82, 2.24) is 15.5 Å². The minimum absolute atomic E-state index is 0.0962. The van der Waals surface area contributed by atoms with E-state index in [4.69, 9.17) is 4.74 Å². The molecule has 7 nitrogen and oxygen atoms in total. The molecule has 120 valence electrons. The maximum atomic E-state index is 12.0. The molecule has 1 aromatic heterocycles. The number of anilines is 1. The number of hydrogen-bond acceptors (Lipinski definition) is 6. The van der Waals surface area contributed by atoms with Gasteiger partial charge in [0.2, 0.25) is 16.9 Å². The normalized spacial score (nSPS) is 16.9. The van der Waals surface area contributed by atoms with Crippen LogP contribution in [0, 0.1) is 0 Å². The Morgan fingerprint density at radius 1 is 1.48 bits per heavy atom. The number of carbonyl (C=O) groups is 2. The van der Waals surface area contributed by atoms with Crippen molar-refractivity contribution < 1.29 is 14.3 Å². The molecule has 0 saturated carbocycles. The molecule has 2 N–H and O–H groups in total. The minimum atomic E-state index is -0.478. The number of aromatic nitrogens is 2. The molecular formula is C15H16N4O3S. The molecule has 0 radical (unpaired) electrons. The molecule has 1 aliphatic rings. The first-order chi connectivity index (χ1) is 11.1. The van der Waals surface area contributed by atoms with E-state index < -0.39 is 6.04 Å². The zero-order valence-corrected chi connectivity index (χ0v) is 13.4. The second-order valence-electron chi connectivity index (χ2n) is 5.18. The number of amides is 2. The average molecular weight is 332 g/mol. The molecule has 2 amide bonds. The molecule has 0 bridgehead atoms. The molecule has 1 fully saturated rings. The highest BCUT2D eigenvalue weighted by Crippen LogP contribution is 2.21. The highest BCUT2D eigenvalue weighted by Gasteiger charge is 2.27. The van der Waals surface area contributed by atoms with E-state index in [-0.39, 0.29) is 11.8 Å². The van der Waals surface area contributed by atoms with Gasteiger partial charge < -0.3 is 10.1 Å². The third-order valence-electron chi connectivity index (χ3n) is 3.50. The van der Waals surface area contributed by atoms with Gasteiger partial charge in [-0.2, -0.15) is 0 Å². The molecular weight excluding hydrogens is 316 g/mol. The van der Waals surface area contributed by atoms with Gasteiger partial charge in [-0.15, -0.1) is 10.2 Å². The summed E-state index contributed by atoms with van der Waals surface area (Å²) in [5, 5.41) is 14.6. The summed E-state index contributed by atoms with van der Waals surface area (Å²) in [6, 6.07) is 7.24. The molecule has 3 rings (SSSR count). The summed E-state index contributed by atoms with van der Waals surface area (Å²) in [7, 11) is 1.62. The average Bonchev–Trinajstić information content (AvgIpc) is 3.16. The number of benzene rings is 1. The van der Waals surface area contributed by atoms with Crippen LogP contribution in [0.25, 0.3) is 0 Å². The molecule has 2 heterocycles. The summed E-state index contributed by atoms with van der Waals surface area (Å²) >= 11 is 1.32. The lowest BCUT2D eigenvalue weighted by molar-refractivity contribution is -0.122. The number of methoxy groups -OCH3 is 1. The second kappa shape index (κ2) is 6.74. The quantitative estimate of drug-likeness (QED) is 0.862. The van der Waals surface area contributed by atoms with Crippen LogP contribution in [-0.4, -0.2) is 35.2 Å². The number of carbonyl (C=O) groups excluding carboxylic acids is 2. The number of rotatable bonds is 5. The lowest BCUT2D eigenvalue weighted by Crippen LogP contribution is -2.37. The Balaban J connectivity index is 1.61. The maximum absolute atomic E-state index is 12.0. The van der Waals surface area contributed by atoms with E-state index >= 15 is 0 Å². The molecule has 8 heteroatoms. The van der Waals surface area contributed by atoms with Gasteiger partial charge >= 0.3 is 0 Å². The van der Waals surface area contributed by atoms with E-state index in [9.17, 15) is 9.59 Å². The Morgan fingerprint density at radius 2 is 2.35 bits per heavy atom. The van der Waals surface area contributed by atoms with Crippen molar-refractivity contribution in [2.24, 2.45) is 0 Å². The summed E-state index contributed by atoms with van der Waals surface area (Å²) in [6.45, 7) is 0. The fraction of sp³-hybridized carbons (Fsp3) is 0.333. The van der Waals surface area contributed by atoms with Crippen LogP contribution in [-0.2, 0) is 16.0 Å². The maximum Gasteiger partial charge on any atom is 0.248 e. The first kappa shape index (κ1) is 15.4. The first-order valence-corrected chi connectivity index (χ1v) is 8.01. The van der Waals surface area contributed by atoms with Crippen molar-refractivity contribution in [3.05, 3.63) is 34.8 Å². The zero-order chi connectivity index (χ0) is 16.2. The number of hydrogen-bond donors (Lipinski definition) is 2. The van der Waals surface area contributed by atoms with Crippen LogP contribution in [0.4, 0.5) is 5.13 Å². The fourth-order valence-corrected chi connectivity index (χ4v) is 3.11. The van der Waals surface area contributed by atoms with Crippen molar-refractivity contribution >= 4 is 28.3 Å². The summed E-state index contributed by atoms with van der Waals surface area (Å²) in [5.74, 6) is 0.443. The fourth-order valence-electron chi connectivity index (χ4n) is 2.34. The van der Waals surface area contributed by atoms with Gasteiger partial charge in [0.15, 0.2) is 0 Å². The van der Waals surface area contributed by atoms with Gasteiger partial charge in [0, 0.05) is 12.8 Å². The van der Waals surface area contributed by atoms with Crippen molar-refractivity contribution in [1.29, 1.82) is 0 Å². The van der Waals surface area contributed by atoms with E-state index in [1.165, 1.54) is 11.3 Å². The molecule has 1 aliphatic heterocycles. The Morgan fingerprint density at radius 3 is 3.09 bits per heavy atom. The van der Waals surface area contributed by atoms with Gasteiger partial charge in [0.05, 0.1) is 7.11 Å². The predicted molar refractivity (Wildman–Crippen MR) is 85.5 cm³/mol. The first-order valence-electron chi connectivity index (χ1n) is 7.19. The molecule has 2 aromatic rings. The monoisotopic (exact) mass is 332 g/mol. The van der Waals surface area contributed by atoms with Crippen LogP contribution >= 0.6 is 11.3 Å². The largest absolute Gasteiger partial charge is 0.497 e. The highest BCUT2D eigenvalue weighted by molar-refractivity contribution is 7.15. The molecule has 1 unspecified atom stereocenters. The van der Waals surface area contributed by atoms with Crippen molar-refractivity contribution in [3.8, 4) is 5.75 Å². The summed E-state index contributed by atoms with van der Waals surface area (Å²) in [6.07, 6.45) is 1.51. The van der Waals surface area contributed by atoms with E-state index in [1.54, 1.807) is 7.11 Å². The van der Waals surface area contributed by atoms with Gasteiger partial charge in [-0.05, 0) is 24.1 Å². The molecule has 1 saturated heterocycles. The van der Waals surface area contributed by atoms with Crippen LogP contribution in [0.15, 0.2) is 24.3 Å². The SMILES string of the molecule is COc1cccc(Cc2nnc(NC(=O)C3CCC(=O)N3)s2)c1. The van der Waals surface area contributed by atoms with Crippen molar-refractivity contribution in [2.45, 2.75) is 25.3 Å². The Labute approximate surface area is 137 Å². The third-order valence-corrected chi connectivity index (χ3v) is 4.34. The number of nitrogens with zero attached hydrogens (tertiary/aromatic N) is 2. The predicted octanol–water partition coefficient (Wildman–Crippen LogP) is 1.35. The lowest BCUT2D eigenvalue weighted by Gasteiger charge is -2.07. The highest BCUT2D eigenvalue weighted by atomic mass is 32.1. The van der Waals surface area contributed by atoms with Crippen LogP contribution in [0.1, 0.15) is 23.4 Å². The molecule has 0 aliphatic carbocycles.